The van der Waals surface area contributed by atoms with Crippen LogP contribution in [0.15, 0.2) is 34.0 Å². The number of carbonyl (C=O) groups is 1. The molecule has 0 spiro atoms. The van der Waals surface area contributed by atoms with Gasteiger partial charge in [-0.1, -0.05) is 36.1 Å². The fraction of sp³-hybridized carbons (Fsp3) is 0.429. The number of thioether (sulfide) groups is 1. The summed E-state index contributed by atoms with van der Waals surface area (Å²) in [5.74, 6) is 0.205. The monoisotopic (exact) mass is 567 g/mol. The second-order valence-corrected chi connectivity index (χ2v) is 11.4. The number of anilines is 2. The molecule has 204 valence electrons. The van der Waals surface area contributed by atoms with Crippen molar-refractivity contribution < 1.29 is 13.9 Å². The molecule has 1 atom stereocenters. The molecule has 0 N–H and O–H groups in total. The van der Waals surface area contributed by atoms with Crippen LogP contribution in [0.4, 0.5) is 15.9 Å². The molecular weight excluding hydrogens is 537 g/mol. The summed E-state index contributed by atoms with van der Waals surface area (Å²) in [6.07, 6.45) is 3.61. The zero-order valence-electron chi connectivity index (χ0n) is 22.0. The molecule has 8 nitrogen and oxygen atoms in total. The van der Waals surface area contributed by atoms with E-state index >= 15 is 0 Å². The Balaban J connectivity index is 1.51. The first-order chi connectivity index (χ1) is 18.8. The minimum Gasteiger partial charge on any atom is -0.376 e. The fourth-order valence-electron chi connectivity index (χ4n) is 5.43. The van der Waals surface area contributed by atoms with Crippen LogP contribution in [0.3, 0.4) is 0 Å². The number of benzene rings is 1. The average Bonchev–Trinajstić information content (AvgIpc) is 3.55. The molecule has 11 heteroatoms. The maximum atomic E-state index is 14.4. The minimum atomic E-state index is -0.355. The van der Waals surface area contributed by atoms with E-state index in [4.69, 9.17) is 17.0 Å². The topological polar surface area (TPSA) is 81.8 Å². The predicted octanol–water partition coefficient (Wildman–Crippen LogP) is 3.89. The zero-order valence-corrected chi connectivity index (χ0v) is 23.6. The number of rotatable bonds is 6. The van der Waals surface area contributed by atoms with Gasteiger partial charge in [0.05, 0.1) is 23.2 Å². The summed E-state index contributed by atoms with van der Waals surface area (Å²) in [7, 11) is 0. The van der Waals surface area contributed by atoms with Gasteiger partial charge in [0.15, 0.2) is 0 Å². The largest absolute Gasteiger partial charge is 0.376 e. The number of pyridine rings is 1. The Bertz CT molecular complexity index is 1440. The van der Waals surface area contributed by atoms with E-state index < -0.39 is 0 Å². The lowest BCUT2D eigenvalue weighted by Crippen LogP contribution is -2.49. The summed E-state index contributed by atoms with van der Waals surface area (Å²) in [6.45, 7) is 7.28. The lowest BCUT2D eigenvalue weighted by atomic mass is 10.0. The minimum absolute atomic E-state index is 0.0258. The van der Waals surface area contributed by atoms with Gasteiger partial charge in [0.25, 0.3) is 11.5 Å². The SMILES string of the molecule is CCn1c(N2CCN(c3ccccc3F)CC2)c(C=C2SC(=S)N(CC3CCCO3)C2=O)c(C)c(C#N)c1=O. The highest BCUT2D eigenvalue weighted by molar-refractivity contribution is 8.26. The van der Waals surface area contributed by atoms with Crippen molar-refractivity contribution in [3.63, 3.8) is 0 Å². The van der Waals surface area contributed by atoms with Crippen LogP contribution in [0, 0.1) is 24.1 Å². The van der Waals surface area contributed by atoms with Gasteiger partial charge in [0, 0.05) is 44.9 Å². The van der Waals surface area contributed by atoms with Crippen molar-refractivity contribution in [2.75, 3.05) is 49.1 Å². The highest BCUT2D eigenvalue weighted by Gasteiger charge is 2.36. The smallest absolute Gasteiger partial charge is 0.270 e. The summed E-state index contributed by atoms with van der Waals surface area (Å²) in [6, 6.07) is 8.78. The number of para-hydroxylation sites is 1. The molecule has 1 unspecified atom stereocenters. The third kappa shape index (κ3) is 5.21. The van der Waals surface area contributed by atoms with E-state index in [1.807, 2.05) is 17.9 Å². The Morgan fingerprint density at radius 1 is 1.21 bits per heavy atom. The van der Waals surface area contributed by atoms with Gasteiger partial charge in [0.1, 0.15) is 27.6 Å². The number of nitrogens with zero attached hydrogens (tertiary/aromatic N) is 5. The van der Waals surface area contributed by atoms with Crippen molar-refractivity contribution in [3.8, 4) is 6.07 Å². The number of aromatic nitrogens is 1. The quantitative estimate of drug-likeness (QED) is 0.384. The van der Waals surface area contributed by atoms with Crippen LogP contribution in [0.1, 0.15) is 36.5 Å². The second kappa shape index (κ2) is 11.5. The van der Waals surface area contributed by atoms with E-state index in [-0.39, 0.29) is 29.0 Å². The van der Waals surface area contributed by atoms with Crippen molar-refractivity contribution in [1.82, 2.24) is 9.47 Å². The third-order valence-electron chi connectivity index (χ3n) is 7.49. The van der Waals surface area contributed by atoms with Crippen LogP contribution in [-0.4, -0.2) is 65.1 Å². The van der Waals surface area contributed by atoms with E-state index in [1.54, 1.807) is 34.6 Å². The molecule has 4 heterocycles. The fourth-order valence-corrected chi connectivity index (χ4v) is 6.68. The molecular formula is C28H30FN5O3S2. The van der Waals surface area contributed by atoms with Crippen molar-refractivity contribution in [3.05, 3.63) is 62.0 Å². The number of thiocarbonyl (C=S) groups is 1. The molecule has 0 saturated carbocycles. The van der Waals surface area contributed by atoms with Crippen LogP contribution in [0.25, 0.3) is 6.08 Å². The lowest BCUT2D eigenvalue weighted by Gasteiger charge is -2.39. The van der Waals surface area contributed by atoms with E-state index in [0.29, 0.717) is 77.7 Å². The maximum absolute atomic E-state index is 14.4. The van der Waals surface area contributed by atoms with Gasteiger partial charge in [-0.3, -0.25) is 19.1 Å². The van der Waals surface area contributed by atoms with E-state index in [9.17, 15) is 19.2 Å². The molecule has 3 aliphatic heterocycles. The average molecular weight is 568 g/mol. The molecule has 1 aromatic carbocycles. The molecule has 0 radical (unpaired) electrons. The summed E-state index contributed by atoms with van der Waals surface area (Å²) < 4.78 is 22.2. The predicted molar refractivity (Wildman–Crippen MR) is 156 cm³/mol. The Morgan fingerprint density at radius 2 is 1.92 bits per heavy atom. The third-order valence-corrected chi connectivity index (χ3v) is 8.87. The van der Waals surface area contributed by atoms with Gasteiger partial charge in [-0.25, -0.2) is 4.39 Å². The number of halogens is 1. The lowest BCUT2D eigenvalue weighted by molar-refractivity contribution is -0.123. The van der Waals surface area contributed by atoms with Crippen LogP contribution >= 0.6 is 24.0 Å². The van der Waals surface area contributed by atoms with Gasteiger partial charge in [-0.15, -0.1) is 0 Å². The molecule has 3 fully saturated rings. The molecule has 0 aliphatic carbocycles. The Morgan fingerprint density at radius 3 is 2.56 bits per heavy atom. The number of hydrogen-bond donors (Lipinski definition) is 0. The molecule has 39 heavy (non-hydrogen) atoms. The molecule has 5 rings (SSSR count). The Kier molecular flexibility index (Phi) is 8.07. The summed E-state index contributed by atoms with van der Waals surface area (Å²) in [5, 5.41) is 9.83. The number of hydrogen-bond acceptors (Lipinski definition) is 8. The summed E-state index contributed by atoms with van der Waals surface area (Å²) in [5.41, 5.74) is 1.45. The van der Waals surface area contributed by atoms with Crippen LogP contribution in [-0.2, 0) is 16.1 Å². The van der Waals surface area contributed by atoms with Gasteiger partial charge in [0.2, 0.25) is 0 Å². The summed E-state index contributed by atoms with van der Waals surface area (Å²) in [4.78, 5) is 32.9. The first kappa shape index (κ1) is 27.4. The normalized spacial score (nSPS) is 20.8. The van der Waals surface area contributed by atoms with Gasteiger partial charge in [-0.05, 0) is 50.5 Å². The van der Waals surface area contributed by atoms with Crippen molar-refractivity contribution in [2.45, 2.75) is 39.3 Å². The number of amides is 1. The van der Waals surface area contributed by atoms with E-state index in [1.165, 1.54) is 17.8 Å². The maximum Gasteiger partial charge on any atom is 0.270 e. The first-order valence-electron chi connectivity index (χ1n) is 13.1. The first-order valence-corrected chi connectivity index (χ1v) is 14.3. The molecule has 2 aromatic rings. The molecule has 0 bridgehead atoms. The Labute approximate surface area is 236 Å². The standard InChI is InChI=1S/C28H30FN5O3S2/c1-3-33-25(32-12-10-31(11-13-32)23-9-5-4-8-22(23)29)20(18(2)21(16-30)26(33)35)15-24-27(36)34(28(38)39-24)17-19-7-6-14-37-19/h4-5,8-9,15,19H,3,6-7,10-14,17H2,1-2H3. The van der Waals surface area contributed by atoms with Gasteiger partial charge in [-0.2, -0.15) is 5.26 Å². The highest BCUT2D eigenvalue weighted by atomic mass is 32.2. The molecule has 3 saturated heterocycles. The number of carbonyl (C=O) groups excluding carboxylic acids is 1. The molecule has 1 amide bonds. The second-order valence-electron chi connectivity index (χ2n) is 9.75. The molecule has 3 aliphatic rings. The number of nitriles is 1. The van der Waals surface area contributed by atoms with E-state index in [0.717, 1.165) is 12.8 Å². The number of piperazine rings is 1. The Hall–Kier alpha value is -3.20. The van der Waals surface area contributed by atoms with Crippen LogP contribution < -0.4 is 15.4 Å². The highest BCUT2D eigenvalue weighted by Crippen LogP contribution is 2.37. The van der Waals surface area contributed by atoms with Crippen LogP contribution in [0.5, 0.6) is 0 Å². The van der Waals surface area contributed by atoms with Gasteiger partial charge < -0.3 is 14.5 Å². The van der Waals surface area contributed by atoms with Crippen LogP contribution in [0.2, 0.25) is 0 Å². The number of ether oxygens (including phenoxy) is 1. The van der Waals surface area contributed by atoms with Crippen molar-refractivity contribution >= 4 is 51.8 Å². The van der Waals surface area contributed by atoms with Crippen molar-refractivity contribution in [1.29, 1.82) is 5.26 Å². The summed E-state index contributed by atoms with van der Waals surface area (Å²) >= 11 is 6.77. The van der Waals surface area contributed by atoms with Gasteiger partial charge >= 0.3 is 0 Å². The molecule has 1 aromatic heterocycles. The zero-order chi connectivity index (χ0) is 27.7. The van der Waals surface area contributed by atoms with Crippen molar-refractivity contribution in [2.24, 2.45) is 0 Å². The van der Waals surface area contributed by atoms with E-state index in [2.05, 4.69) is 11.0 Å².